The topological polar surface area (TPSA) is 77.4 Å². The molecule has 114 valence electrons. The minimum atomic E-state index is -3.68. The van der Waals surface area contributed by atoms with Gasteiger partial charge in [-0.1, -0.05) is 6.07 Å². The molecule has 0 aliphatic rings. The Morgan fingerprint density at radius 3 is 2.76 bits per heavy atom. The number of hydrogen-bond acceptors (Lipinski definition) is 5. The van der Waals surface area contributed by atoms with Crippen LogP contribution < -0.4 is 4.72 Å². The van der Waals surface area contributed by atoms with Gasteiger partial charge in [-0.25, -0.2) is 17.9 Å². The summed E-state index contributed by atoms with van der Waals surface area (Å²) >= 11 is 1.47. The van der Waals surface area contributed by atoms with Gasteiger partial charge in [0.2, 0.25) is 10.0 Å². The lowest BCUT2D eigenvalue weighted by atomic mass is 10.4. The maximum atomic E-state index is 12.4. The molecular weight excluding hydrogens is 312 g/mol. The number of sulfonamides is 1. The second kappa shape index (κ2) is 6.00. The van der Waals surface area contributed by atoms with Crippen LogP contribution in [-0.2, 0) is 28.4 Å². The summed E-state index contributed by atoms with van der Waals surface area (Å²) in [6.45, 7) is 1.87. The van der Waals surface area contributed by atoms with E-state index in [9.17, 15) is 13.2 Å². The van der Waals surface area contributed by atoms with Gasteiger partial charge in [0.1, 0.15) is 10.6 Å². The van der Waals surface area contributed by atoms with Crippen LogP contribution in [0.1, 0.15) is 21.1 Å². The highest BCUT2D eigenvalue weighted by Gasteiger charge is 2.24. The SMILES string of the molecule is COC(=O)c1cc(S(=O)(=O)NCc2cccs2)c(C)n1C. The molecule has 2 rings (SSSR count). The first kappa shape index (κ1) is 15.7. The average Bonchev–Trinajstić information content (AvgIpc) is 3.06. The zero-order chi connectivity index (χ0) is 15.6. The molecule has 0 saturated heterocycles. The molecule has 0 aliphatic heterocycles. The van der Waals surface area contributed by atoms with E-state index >= 15 is 0 Å². The van der Waals surface area contributed by atoms with Gasteiger partial charge in [-0.3, -0.25) is 0 Å². The Bertz CT molecular complexity index is 745. The fourth-order valence-corrected chi connectivity index (χ4v) is 3.93. The van der Waals surface area contributed by atoms with Crippen LogP contribution in [0.4, 0.5) is 0 Å². The van der Waals surface area contributed by atoms with Gasteiger partial charge in [-0.05, 0) is 24.4 Å². The fourth-order valence-electron chi connectivity index (χ4n) is 1.90. The number of ether oxygens (including phenoxy) is 1. The van der Waals surface area contributed by atoms with E-state index in [4.69, 9.17) is 0 Å². The van der Waals surface area contributed by atoms with Crippen LogP contribution in [-0.4, -0.2) is 26.1 Å². The van der Waals surface area contributed by atoms with E-state index in [0.29, 0.717) is 5.69 Å². The van der Waals surface area contributed by atoms with Gasteiger partial charge >= 0.3 is 5.97 Å². The molecule has 6 nitrogen and oxygen atoms in total. The van der Waals surface area contributed by atoms with Crippen molar-refractivity contribution in [1.29, 1.82) is 0 Å². The van der Waals surface area contributed by atoms with Crippen LogP contribution in [0.5, 0.6) is 0 Å². The minimum Gasteiger partial charge on any atom is -0.464 e. The highest BCUT2D eigenvalue weighted by atomic mass is 32.2. The number of aromatic nitrogens is 1. The van der Waals surface area contributed by atoms with Crippen LogP contribution in [0.3, 0.4) is 0 Å². The number of thiophene rings is 1. The zero-order valence-electron chi connectivity index (χ0n) is 11.9. The Morgan fingerprint density at radius 2 is 2.19 bits per heavy atom. The minimum absolute atomic E-state index is 0.0851. The fraction of sp³-hybridized carbons (Fsp3) is 0.308. The van der Waals surface area contributed by atoms with Crippen LogP contribution in [0.15, 0.2) is 28.5 Å². The second-order valence-electron chi connectivity index (χ2n) is 4.43. The van der Waals surface area contributed by atoms with Gasteiger partial charge in [0.25, 0.3) is 0 Å². The van der Waals surface area contributed by atoms with Crippen LogP contribution in [0, 0.1) is 6.92 Å². The smallest absolute Gasteiger partial charge is 0.354 e. The summed E-state index contributed by atoms with van der Waals surface area (Å²) in [4.78, 5) is 12.6. The van der Waals surface area contributed by atoms with E-state index in [1.807, 2.05) is 17.5 Å². The summed E-state index contributed by atoms with van der Waals surface area (Å²) in [6, 6.07) is 5.04. The molecule has 2 heterocycles. The molecule has 0 fully saturated rings. The summed E-state index contributed by atoms with van der Waals surface area (Å²) in [5, 5.41) is 1.88. The van der Waals surface area contributed by atoms with Crippen molar-refractivity contribution in [2.75, 3.05) is 7.11 Å². The van der Waals surface area contributed by atoms with E-state index in [-0.39, 0.29) is 17.1 Å². The molecule has 0 spiro atoms. The number of carbonyl (C=O) groups is 1. The van der Waals surface area contributed by atoms with Crippen LogP contribution >= 0.6 is 11.3 Å². The third-order valence-corrected chi connectivity index (χ3v) is 5.58. The predicted octanol–water partition coefficient (Wildman–Crippen LogP) is 1.66. The molecule has 2 aromatic rings. The Hall–Kier alpha value is -1.64. The van der Waals surface area contributed by atoms with Crippen molar-refractivity contribution < 1.29 is 17.9 Å². The molecule has 0 aliphatic carbocycles. The number of esters is 1. The van der Waals surface area contributed by atoms with E-state index < -0.39 is 16.0 Å². The second-order valence-corrected chi connectivity index (χ2v) is 7.20. The maximum absolute atomic E-state index is 12.4. The number of carbonyl (C=O) groups excluding carboxylic acids is 1. The molecule has 1 N–H and O–H groups in total. The lowest BCUT2D eigenvalue weighted by Crippen LogP contribution is -2.23. The van der Waals surface area contributed by atoms with Crippen molar-refractivity contribution in [1.82, 2.24) is 9.29 Å². The Morgan fingerprint density at radius 1 is 1.48 bits per heavy atom. The molecule has 0 atom stereocenters. The lowest BCUT2D eigenvalue weighted by Gasteiger charge is -2.06. The van der Waals surface area contributed by atoms with Crippen molar-refractivity contribution in [3.63, 3.8) is 0 Å². The summed E-state index contributed by atoms with van der Waals surface area (Å²) in [6.07, 6.45) is 0. The van der Waals surface area contributed by atoms with Gasteiger partial charge in [-0.2, -0.15) is 0 Å². The summed E-state index contributed by atoms with van der Waals surface area (Å²) in [7, 11) is -0.800. The first-order valence-corrected chi connectivity index (χ1v) is 8.49. The number of hydrogen-bond donors (Lipinski definition) is 1. The van der Waals surface area contributed by atoms with Gasteiger partial charge < -0.3 is 9.30 Å². The Labute approximate surface area is 127 Å². The number of nitrogens with one attached hydrogen (secondary N) is 1. The molecule has 8 heteroatoms. The Kier molecular flexibility index (Phi) is 4.50. The largest absolute Gasteiger partial charge is 0.464 e. The zero-order valence-corrected chi connectivity index (χ0v) is 13.5. The number of nitrogens with zero attached hydrogens (tertiary/aromatic N) is 1. The summed E-state index contributed by atoms with van der Waals surface area (Å²) < 4.78 is 33.4. The predicted molar refractivity (Wildman–Crippen MR) is 79.8 cm³/mol. The number of rotatable bonds is 5. The Balaban J connectivity index is 2.30. The molecule has 2 aromatic heterocycles. The van der Waals surface area contributed by atoms with Crippen molar-refractivity contribution in [3.05, 3.63) is 39.8 Å². The molecule has 0 amide bonds. The average molecular weight is 328 g/mol. The molecule has 0 bridgehead atoms. The molecule has 0 aromatic carbocycles. The molecular formula is C13H16N2O4S2. The normalized spacial score (nSPS) is 11.6. The third-order valence-electron chi connectivity index (χ3n) is 3.19. The monoisotopic (exact) mass is 328 g/mol. The first-order valence-electron chi connectivity index (χ1n) is 6.13. The van der Waals surface area contributed by atoms with Gasteiger partial charge in [0.15, 0.2) is 0 Å². The lowest BCUT2D eigenvalue weighted by molar-refractivity contribution is 0.0589. The quantitative estimate of drug-likeness (QED) is 0.847. The van der Waals surface area contributed by atoms with Crippen molar-refractivity contribution in [2.24, 2.45) is 7.05 Å². The van der Waals surface area contributed by atoms with Gasteiger partial charge in [-0.15, -0.1) is 11.3 Å². The highest BCUT2D eigenvalue weighted by molar-refractivity contribution is 7.89. The van der Waals surface area contributed by atoms with E-state index in [1.54, 1.807) is 14.0 Å². The van der Waals surface area contributed by atoms with Gasteiger partial charge in [0.05, 0.1) is 7.11 Å². The van der Waals surface area contributed by atoms with Crippen molar-refractivity contribution in [2.45, 2.75) is 18.4 Å². The standard InChI is InChI=1S/C13H16N2O4S2/c1-9-12(7-11(15(9)2)13(16)19-3)21(17,18)14-8-10-5-4-6-20-10/h4-7,14H,8H2,1-3H3. The highest BCUT2D eigenvalue weighted by Crippen LogP contribution is 2.20. The maximum Gasteiger partial charge on any atom is 0.354 e. The van der Waals surface area contributed by atoms with Crippen LogP contribution in [0.25, 0.3) is 0 Å². The number of methoxy groups -OCH3 is 1. The molecule has 21 heavy (non-hydrogen) atoms. The molecule has 0 unspecified atom stereocenters. The third kappa shape index (κ3) is 3.17. The first-order chi connectivity index (χ1) is 9.86. The summed E-state index contributed by atoms with van der Waals surface area (Å²) in [5.41, 5.74) is 0.681. The molecule has 0 radical (unpaired) electrons. The van der Waals surface area contributed by atoms with E-state index in [0.717, 1.165) is 4.88 Å². The van der Waals surface area contributed by atoms with E-state index in [1.165, 1.54) is 29.1 Å². The summed E-state index contributed by atoms with van der Waals surface area (Å²) in [5.74, 6) is -0.569. The van der Waals surface area contributed by atoms with Crippen molar-refractivity contribution >= 4 is 27.3 Å². The van der Waals surface area contributed by atoms with Crippen molar-refractivity contribution in [3.8, 4) is 0 Å². The molecule has 0 saturated carbocycles. The van der Waals surface area contributed by atoms with Crippen LogP contribution in [0.2, 0.25) is 0 Å². The van der Waals surface area contributed by atoms with Gasteiger partial charge in [0, 0.05) is 24.2 Å². The van der Waals surface area contributed by atoms with E-state index in [2.05, 4.69) is 9.46 Å².